The van der Waals surface area contributed by atoms with Gasteiger partial charge in [-0.2, -0.15) is 0 Å². The Kier molecular flexibility index (Phi) is 4.15. The van der Waals surface area contributed by atoms with Gasteiger partial charge in [-0.25, -0.2) is 18.6 Å². The highest BCUT2D eigenvalue weighted by molar-refractivity contribution is 9.10. The maximum absolute atomic E-state index is 12.6. The zero-order chi connectivity index (χ0) is 11.6. The van der Waals surface area contributed by atoms with Crippen LogP contribution in [0.25, 0.3) is 0 Å². The van der Waals surface area contributed by atoms with E-state index in [0.29, 0.717) is 0 Å². The molecular weight excluding hydrogens is 340 g/mol. The smallest absolute Gasteiger partial charge is 0.355 e. The van der Waals surface area contributed by atoms with E-state index in [1.54, 1.807) is 0 Å². The van der Waals surface area contributed by atoms with Crippen LogP contribution in [-0.4, -0.2) is 16.1 Å². The lowest BCUT2D eigenvalue weighted by molar-refractivity contribution is 0.0688. The van der Waals surface area contributed by atoms with E-state index in [0.717, 1.165) is 6.20 Å². The van der Waals surface area contributed by atoms with Crippen LogP contribution in [0.2, 0.25) is 0 Å². The molecule has 7 heteroatoms. The van der Waals surface area contributed by atoms with Crippen molar-refractivity contribution in [2.45, 2.75) is 11.8 Å². The molecule has 0 aromatic carbocycles. The van der Waals surface area contributed by atoms with Gasteiger partial charge in [-0.15, -0.1) is 0 Å². The number of carboxylic acid groups (broad SMARTS) is 1. The van der Waals surface area contributed by atoms with Gasteiger partial charge in [0.25, 0.3) is 6.43 Å². The highest BCUT2D eigenvalue weighted by Gasteiger charge is 2.22. The van der Waals surface area contributed by atoms with Gasteiger partial charge in [-0.1, -0.05) is 15.9 Å². The summed E-state index contributed by atoms with van der Waals surface area (Å²) in [5.74, 6) is -1.34. The molecule has 1 heterocycles. The molecule has 0 unspecified atom stereocenters. The molecule has 1 aromatic heterocycles. The second kappa shape index (κ2) is 4.98. The van der Waals surface area contributed by atoms with Crippen LogP contribution in [0.1, 0.15) is 28.0 Å². The molecule has 1 aromatic rings. The number of rotatable bonds is 3. The summed E-state index contributed by atoms with van der Waals surface area (Å²) in [7, 11) is 0. The van der Waals surface area contributed by atoms with Crippen molar-refractivity contribution >= 4 is 37.8 Å². The van der Waals surface area contributed by atoms with Gasteiger partial charge in [-0.3, -0.25) is 0 Å². The van der Waals surface area contributed by atoms with Crippen molar-refractivity contribution in [2.24, 2.45) is 0 Å². The van der Waals surface area contributed by atoms with Crippen LogP contribution in [0.4, 0.5) is 8.78 Å². The molecule has 15 heavy (non-hydrogen) atoms. The molecule has 0 radical (unpaired) electrons. The lowest BCUT2D eigenvalue weighted by atomic mass is 10.1. The second-order valence-corrected chi connectivity index (χ2v) is 3.95. The average Bonchev–Trinajstić information content (AvgIpc) is 2.15. The molecule has 0 bridgehead atoms. The van der Waals surface area contributed by atoms with Crippen molar-refractivity contribution in [1.82, 2.24) is 4.98 Å². The Hall–Kier alpha value is -0.560. The van der Waals surface area contributed by atoms with Crippen molar-refractivity contribution < 1.29 is 18.7 Å². The maximum atomic E-state index is 12.6. The van der Waals surface area contributed by atoms with Gasteiger partial charge in [0.05, 0.1) is 4.47 Å². The molecule has 0 saturated heterocycles. The first-order chi connectivity index (χ1) is 6.99. The van der Waals surface area contributed by atoms with E-state index in [2.05, 4.69) is 36.8 Å². The van der Waals surface area contributed by atoms with E-state index in [1.807, 2.05) is 0 Å². The average molecular weight is 345 g/mol. The number of halogens is 4. The van der Waals surface area contributed by atoms with Crippen molar-refractivity contribution in [2.75, 3.05) is 0 Å². The number of carboxylic acids is 1. The molecular formula is C8H5Br2F2NO2. The Bertz CT molecular complexity index is 398. The van der Waals surface area contributed by atoms with E-state index < -0.39 is 18.1 Å². The zero-order valence-corrected chi connectivity index (χ0v) is 10.3. The van der Waals surface area contributed by atoms with Gasteiger partial charge < -0.3 is 5.11 Å². The van der Waals surface area contributed by atoms with E-state index in [9.17, 15) is 13.6 Å². The van der Waals surface area contributed by atoms with Gasteiger partial charge in [0.1, 0.15) is 0 Å². The summed E-state index contributed by atoms with van der Waals surface area (Å²) in [6, 6.07) is 0. The molecule has 0 fully saturated rings. The fraction of sp³-hybridized carbons (Fsp3) is 0.250. The number of carbonyl (C=O) groups is 1. The van der Waals surface area contributed by atoms with Crippen molar-refractivity contribution in [3.8, 4) is 0 Å². The van der Waals surface area contributed by atoms with Gasteiger partial charge in [-0.05, 0) is 21.5 Å². The first-order valence-corrected chi connectivity index (χ1v) is 5.65. The third-order valence-corrected chi connectivity index (χ3v) is 3.11. The monoisotopic (exact) mass is 343 g/mol. The first-order valence-electron chi connectivity index (χ1n) is 3.73. The number of hydrogen-bond donors (Lipinski definition) is 1. The van der Waals surface area contributed by atoms with Crippen molar-refractivity contribution in [3.63, 3.8) is 0 Å². The van der Waals surface area contributed by atoms with Crippen LogP contribution in [0.15, 0.2) is 10.7 Å². The number of aromatic nitrogens is 1. The summed E-state index contributed by atoms with van der Waals surface area (Å²) in [5.41, 5.74) is -0.476. The normalized spacial score (nSPS) is 10.7. The molecule has 3 nitrogen and oxygen atoms in total. The first kappa shape index (κ1) is 12.5. The SMILES string of the molecule is O=C(O)c1ncc(CBr)c(C(F)F)c1Br. The largest absolute Gasteiger partial charge is 0.476 e. The second-order valence-electron chi connectivity index (χ2n) is 2.60. The zero-order valence-electron chi connectivity index (χ0n) is 7.18. The molecule has 1 N–H and O–H groups in total. The van der Waals surface area contributed by atoms with E-state index in [-0.39, 0.29) is 20.9 Å². The summed E-state index contributed by atoms with van der Waals surface area (Å²) < 4.78 is 25.1. The Morgan fingerprint density at radius 2 is 2.20 bits per heavy atom. The van der Waals surface area contributed by atoms with Crippen LogP contribution < -0.4 is 0 Å². The minimum Gasteiger partial charge on any atom is -0.476 e. The molecule has 0 spiro atoms. The van der Waals surface area contributed by atoms with Crippen molar-refractivity contribution in [3.05, 3.63) is 27.5 Å². The minimum absolute atomic E-state index is 0.165. The van der Waals surface area contributed by atoms with Crippen LogP contribution in [0, 0.1) is 0 Å². The highest BCUT2D eigenvalue weighted by Crippen LogP contribution is 2.33. The van der Waals surface area contributed by atoms with Crippen LogP contribution in [-0.2, 0) is 5.33 Å². The van der Waals surface area contributed by atoms with E-state index >= 15 is 0 Å². The van der Waals surface area contributed by atoms with Crippen LogP contribution >= 0.6 is 31.9 Å². The molecule has 0 aliphatic heterocycles. The van der Waals surface area contributed by atoms with Gasteiger partial charge in [0.15, 0.2) is 5.69 Å². The summed E-state index contributed by atoms with van der Waals surface area (Å²) in [4.78, 5) is 14.2. The van der Waals surface area contributed by atoms with Gasteiger partial charge in [0, 0.05) is 17.1 Å². The summed E-state index contributed by atoms with van der Waals surface area (Å²) in [5, 5.41) is 8.88. The predicted molar refractivity (Wildman–Crippen MR) is 56.5 cm³/mol. The number of aromatic carboxylic acids is 1. The number of pyridine rings is 1. The lowest BCUT2D eigenvalue weighted by Gasteiger charge is -2.09. The standard InChI is InChI=1S/C8H5Br2F2NO2/c9-1-3-2-13-6(8(14)15)5(10)4(3)7(11)12/h2,7H,1H2,(H,14,15). The summed E-state index contributed by atoms with van der Waals surface area (Å²) in [6.07, 6.45) is -1.61. The molecule has 1 rings (SSSR count). The van der Waals surface area contributed by atoms with Gasteiger partial charge in [0.2, 0.25) is 0 Å². The third kappa shape index (κ3) is 2.52. The topological polar surface area (TPSA) is 50.2 Å². The molecule has 0 aliphatic rings. The number of nitrogens with zero attached hydrogens (tertiary/aromatic N) is 1. The molecule has 0 amide bonds. The lowest BCUT2D eigenvalue weighted by Crippen LogP contribution is -2.06. The Balaban J connectivity index is 3.42. The fourth-order valence-electron chi connectivity index (χ4n) is 1.03. The fourth-order valence-corrected chi connectivity index (χ4v) is 2.18. The maximum Gasteiger partial charge on any atom is 0.355 e. The van der Waals surface area contributed by atoms with Crippen LogP contribution in [0.5, 0.6) is 0 Å². The quantitative estimate of drug-likeness (QED) is 0.855. The van der Waals surface area contributed by atoms with E-state index in [4.69, 9.17) is 5.11 Å². The highest BCUT2D eigenvalue weighted by atomic mass is 79.9. The molecule has 0 aliphatic carbocycles. The Labute approximate surface area is 101 Å². The molecule has 0 atom stereocenters. The number of alkyl halides is 3. The molecule has 82 valence electrons. The van der Waals surface area contributed by atoms with Crippen LogP contribution in [0.3, 0.4) is 0 Å². The summed E-state index contributed by atoms with van der Waals surface area (Å²) >= 11 is 5.86. The predicted octanol–water partition coefficient (Wildman–Crippen LogP) is 3.37. The Morgan fingerprint density at radius 3 is 2.60 bits per heavy atom. The third-order valence-electron chi connectivity index (χ3n) is 1.70. The van der Waals surface area contributed by atoms with Gasteiger partial charge >= 0.3 is 5.97 Å². The summed E-state index contributed by atoms with van der Waals surface area (Å²) in [6.45, 7) is 0. The molecule has 0 saturated carbocycles. The number of hydrogen-bond acceptors (Lipinski definition) is 2. The van der Waals surface area contributed by atoms with Crippen molar-refractivity contribution in [1.29, 1.82) is 0 Å². The Morgan fingerprint density at radius 1 is 1.60 bits per heavy atom. The minimum atomic E-state index is -2.74. The van der Waals surface area contributed by atoms with E-state index in [1.165, 1.54) is 0 Å².